The van der Waals surface area contributed by atoms with Crippen LogP contribution in [0, 0.1) is 13.8 Å². The van der Waals surface area contributed by atoms with Gasteiger partial charge in [-0.3, -0.25) is 9.48 Å². The molecule has 0 bridgehead atoms. The van der Waals surface area contributed by atoms with Crippen LogP contribution in [0.15, 0.2) is 42.7 Å². The van der Waals surface area contributed by atoms with Crippen LogP contribution < -0.4 is 0 Å². The first kappa shape index (κ1) is 20.0. The van der Waals surface area contributed by atoms with Crippen molar-refractivity contribution in [2.75, 3.05) is 13.2 Å². The molecule has 5 rings (SSSR count). The average Bonchev–Trinajstić information content (AvgIpc) is 3.50. The van der Waals surface area contributed by atoms with Gasteiger partial charge in [0.2, 0.25) is 0 Å². The number of hydrogen-bond donors (Lipinski definition) is 0. The van der Waals surface area contributed by atoms with Crippen LogP contribution in [0.1, 0.15) is 51.0 Å². The molecule has 0 N–H and O–H groups in total. The maximum Gasteiger partial charge on any atom is 0.254 e. The fraction of sp³-hybridized carbons (Fsp3) is 0.385. The second-order valence-electron chi connectivity index (χ2n) is 8.91. The fourth-order valence-electron chi connectivity index (χ4n) is 4.84. The van der Waals surface area contributed by atoms with E-state index in [2.05, 4.69) is 49.3 Å². The summed E-state index contributed by atoms with van der Waals surface area (Å²) in [7, 11) is 1.93. The van der Waals surface area contributed by atoms with Gasteiger partial charge in [-0.15, -0.1) is 0 Å². The first-order valence-electron chi connectivity index (χ1n) is 11.1. The quantitative estimate of drug-likeness (QED) is 0.619. The van der Waals surface area contributed by atoms with Crippen LogP contribution in [0.5, 0.6) is 0 Å². The van der Waals surface area contributed by atoms with E-state index in [1.54, 1.807) is 0 Å². The molecule has 160 valence electrons. The van der Waals surface area contributed by atoms with Crippen LogP contribution in [-0.4, -0.2) is 39.8 Å². The third-order valence-corrected chi connectivity index (χ3v) is 6.84. The van der Waals surface area contributed by atoms with Gasteiger partial charge in [0.25, 0.3) is 5.91 Å². The molecular weight excluding hydrogens is 386 g/mol. The van der Waals surface area contributed by atoms with E-state index >= 15 is 0 Å². The van der Waals surface area contributed by atoms with Gasteiger partial charge < -0.3 is 9.64 Å². The summed E-state index contributed by atoms with van der Waals surface area (Å²) in [5, 5.41) is 4.26. The van der Waals surface area contributed by atoms with Gasteiger partial charge in [-0.25, -0.2) is 0 Å². The molecule has 0 radical (unpaired) electrons. The van der Waals surface area contributed by atoms with Gasteiger partial charge in [-0.2, -0.15) is 5.10 Å². The van der Waals surface area contributed by atoms with Crippen molar-refractivity contribution < 1.29 is 9.53 Å². The van der Waals surface area contributed by atoms with Crippen molar-refractivity contribution >= 4 is 5.91 Å². The second kappa shape index (κ2) is 7.97. The maximum absolute atomic E-state index is 13.1. The molecule has 1 amide bonds. The highest BCUT2D eigenvalue weighted by Crippen LogP contribution is 2.32. The molecule has 2 aromatic carbocycles. The number of hydrogen-bond acceptors (Lipinski definition) is 3. The van der Waals surface area contributed by atoms with Crippen LogP contribution in [0.4, 0.5) is 0 Å². The van der Waals surface area contributed by atoms with E-state index in [0.29, 0.717) is 13.1 Å². The van der Waals surface area contributed by atoms with Gasteiger partial charge in [0.05, 0.1) is 12.3 Å². The summed E-state index contributed by atoms with van der Waals surface area (Å²) in [6, 6.07) is 10.8. The molecule has 0 saturated carbocycles. The number of fused-ring (bicyclic) bond motifs is 1. The molecule has 5 nitrogen and oxygen atoms in total. The lowest BCUT2D eigenvalue weighted by Gasteiger charge is -2.19. The number of rotatable bonds is 5. The Morgan fingerprint density at radius 2 is 1.94 bits per heavy atom. The van der Waals surface area contributed by atoms with E-state index < -0.39 is 0 Å². The maximum atomic E-state index is 13.1. The first-order chi connectivity index (χ1) is 15.0. The smallest absolute Gasteiger partial charge is 0.254 e. The lowest BCUT2D eigenvalue weighted by atomic mass is 9.91. The van der Waals surface area contributed by atoms with Gasteiger partial charge >= 0.3 is 0 Å². The minimum absolute atomic E-state index is 0.154. The number of benzene rings is 2. The number of carbonyl (C=O) groups is 1. The summed E-state index contributed by atoms with van der Waals surface area (Å²) >= 11 is 0. The average molecular weight is 416 g/mol. The normalized spacial score (nSPS) is 18.1. The zero-order valence-electron chi connectivity index (χ0n) is 18.5. The second-order valence-corrected chi connectivity index (χ2v) is 8.91. The van der Waals surface area contributed by atoms with E-state index in [0.717, 1.165) is 37.0 Å². The van der Waals surface area contributed by atoms with Gasteiger partial charge in [0.15, 0.2) is 0 Å². The summed E-state index contributed by atoms with van der Waals surface area (Å²) in [4.78, 5) is 15.1. The Morgan fingerprint density at radius 1 is 1.13 bits per heavy atom. The predicted molar refractivity (Wildman–Crippen MR) is 121 cm³/mol. The van der Waals surface area contributed by atoms with Crippen molar-refractivity contribution in [2.45, 2.75) is 45.8 Å². The number of aromatic nitrogens is 2. The Hall–Kier alpha value is -2.92. The highest BCUT2D eigenvalue weighted by molar-refractivity contribution is 5.99. The monoisotopic (exact) mass is 415 g/mol. The molecule has 1 fully saturated rings. The molecule has 1 unspecified atom stereocenters. The molecule has 1 aromatic heterocycles. The molecule has 0 aliphatic carbocycles. The summed E-state index contributed by atoms with van der Waals surface area (Å²) in [5.41, 5.74) is 9.38. The summed E-state index contributed by atoms with van der Waals surface area (Å²) in [6.07, 6.45) is 7.08. The van der Waals surface area contributed by atoms with Crippen molar-refractivity contribution in [3.05, 3.63) is 76.1 Å². The summed E-state index contributed by atoms with van der Waals surface area (Å²) < 4.78 is 7.58. The Kier molecular flexibility index (Phi) is 5.14. The van der Waals surface area contributed by atoms with E-state index in [1.807, 2.05) is 29.0 Å². The molecular formula is C26H29N3O2. The molecule has 1 saturated heterocycles. The SMILES string of the molecule is Cc1c(Cc2ccc(-c3cnn(C)c3)cc2)cc2c(c1C)CN(CC1CCCO1)C2=O. The number of amides is 1. The summed E-state index contributed by atoms with van der Waals surface area (Å²) in [6.45, 7) is 6.58. The van der Waals surface area contributed by atoms with Crippen LogP contribution in [0.25, 0.3) is 11.1 Å². The zero-order chi connectivity index (χ0) is 21.5. The molecule has 3 aromatic rings. The number of ether oxygens (including phenoxy) is 1. The van der Waals surface area contributed by atoms with E-state index in [4.69, 9.17) is 4.74 Å². The van der Waals surface area contributed by atoms with Crippen molar-refractivity contribution in [3.8, 4) is 11.1 Å². The van der Waals surface area contributed by atoms with Crippen molar-refractivity contribution in [1.29, 1.82) is 0 Å². The zero-order valence-corrected chi connectivity index (χ0v) is 18.5. The van der Waals surface area contributed by atoms with E-state index in [-0.39, 0.29) is 12.0 Å². The highest BCUT2D eigenvalue weighted by atomic mass is 16.5. The van der Waals surface area contributed by atoms with Crippen LogP contribution in [-0.2, 0) is 24.8 Å². The topological polar surface area (TPSA) is 47.4 Å². The summed E-state index contributed by atoms with van der Waals surface area (Å²) in [5.74, 6) is 0.154. The van der Waals surface area contributed by atoms with Gasteiger partial charge in [0.1, 0.15) is 0 Å². The fourth-order valence-corrected chi connectivity index (χ4v) is 4.84. The number of carbonyl (C=O) groups excluding carboxylic acids is 1. The molecule has 1 atom stereocenters. The largest absolute Gasteiger partial charge is 0.376 e. The van der Waals surface area contributed by atoms with Crippen molar-refractivity contribution in [2.24, 2.45) is 7.05 Å². The van der Waals surface area contributed by atoms with E-state index in [1.165, 1.54) is 33.4 Å². The molecule has 2 aliphatic rings. The number of nitrogens with zero attached hydrogens (tertiary/aromatic N) is 3. The Morgan fingerprint density at radius 3 is 2.61 bits per heavy atom. The van der Waals surface area contributed by atoms with Crippen molar-refractivity contribution in [3.63, 3.8) is 0 Å². The molecule has 5 heteroatoms. The van der Waals surface area contributed by atoms with Crippen LogP contribution in [0.2, 0.25) is 0 Å². The molecule has 31 heavy (non-hydrogen) atoms. The molecule has 0 spiro atoms. The van der Waals surface area contributed by atoms with E-state index in [9.17, 15) is 4.79 Å². The minimum atomic E-state index is 0.154. The first-order valence-corrected chi connectivity index (χ1v) is 11.1. The van der Waals surface area contributed by atoms with Gasteiger partial charge in [0, 0.05) is 44.1 Å². The Balaban J connectivity index is 1.37. The minimum Gasteiger partial charge on any atom is -0.376 e. The lowest BCUT2D eigenvalue weighted by Crippen LogP contribution is -2.32. The number of aryl methyl sites for hydroxylation is 1. The highest BCUT2D eigenvalue weighted by Gasteiger charge is 2.32. The Labute approximate surface area is 183 Å². The standard InChI is InChI=1S/C26H29N3O2/c1-17-18(2)25-16-29(15-23-5-4-10-31-23)26(30)24(25)12-21(17)11-19-6-8-20(9-7-19)22-13-27-28(3)14-22/h6-9,12-14,23H,4-5,10-11,15-16H2,1-3H3. The molecule has 3 heterocycles. The third kappa shape index (κ3) is 3.79. The van der Waals surface area contributed by atoms with Crippen LogP contribution >= 0.6 is 0 Å². The van der Waals surface area contributed by atoms with Crippen LogP contribution in [0.3, 0.4) is 0 Å². The van der Waals surface area contributed by atoms with Gasteiger partial charge in [-0.1, -0.05) is 24.3 Å². The molecule has 2 aliphatic heterocycles. The third-order valence-electron chi connectivity index (χ3n) is 6.84. The lowest BCUT2D eigenvalue weighted by molar-refractivity contribution is 0.0545. The van der Waals surface area contributed by atoms with Crippen molar-refractivity contribution in [1.82, 2.24) is 14.7 Å². The predicted octanol–water partition coefficient (Wildman–Crippen LogP) is 4.43. The van der Waals surface area contributed by atoms with Gasteiger partial charge in [-0.05, 0) is 72.6 Å². The Bertz CT molecular complexity index is 1120.